The molecule has 0 atom stereocenters. The number of hydrogen-bond donors (Lipinski definition) is 3. The molecule has 0 saturated heterocycles. The van der Waals surface area contributed by atoms with Gasteiger partial charge in [0.05, 0.1) is 18.2 Å². The van der Waals surface area contributed by atoms with Crippen molar-refractivity contribution in [1.29, 1.82) is 0 Å². The van der Waals surface area contributed by atoms with E-state index >= 15 is 0 Å². The molecule has 202 valence electrons. The molecule has 0 spiro atoms. The number of halogens is 3. The number of rotatable bonds is 11. The molecule has 8 nitrogen and oxygen atoms in total. The number of carbonyl (C=O) groups is 2. The van der Waals surface area contributed by atoms with E-state index in [0.29, 0.717) is 33.8 Å². The van der Waals surface area contributed by atoms with Crippen molar-refractivity contribution in [3.05, 3.63) is 94.5 Å². The summed E-state index contributed by atoms with van der Waals surface area (Å²) in [7, 11) is -3.51. The molecule has 0 heterocycles. The topological polar surface area (TPSA) is 122 Å². The predicted molar refractivity (Wildman–Crippen MR) is 133 cm³/mol. The number of ether oxygens (including phenoxy) is 1. The summed E-state index contributed by atoms with van der Waals surface area (Å²) >= 11 is 0. The molecule has 0 aliphatic heterocycles. The third-order valence-corrected chi connectivity index (χ3v) is 5.97. The van der Waals surface area contributed by atoms with E-state index in [4.69, 9.17) is 9.84 Å². The molecule has 3 rings (SSSR count). The fourth-order valence-corrected chi connectivity index (χ4v) is 3.91. The van der Waals surface area contributed by atoms with Crippen LogP contribution in [0.1, 0.15) is 32.6 Å². The summed E-state index contributed by atoms with van der Waals surface area (Å²) < 4.78 is 69.8. The van der Waals surface area contributed by atoms with Crippen LogP contribution in [0.4, 0.5) is 13.2 Å². The molecular weight excluding hydrogens is 525 g/mol. The number of aliphatic carboxylic acids is 1. The lowest BCUT2D eigenvalue weighted by Gasteiger charge is -2.13. The van der Waals surface area contributed by atoms with E-state index in [2.05, 4.69) is 10.0 Å². The standard InChI is InChI=1S/C26H25F3N2O6S/c1-38(35,36)31-16-20-13-18(15-24(32)33)5-10-23(20)37-22-8-6-19(7-9-22)25(34)30-12-11-17-3-2-4-21(14-17)26(27,28)29/h2-10,13-14,31H,11-12,15-16H2,1H3,(H,30,34)(H,32,33). The van der Waals surface area contributed by atoms with Gasteiger partial charge in [0.25, 0.3) is 5.91 Å². The van der Waals surface area contributed by atoms with Gasteiger partial charge < -0.3 is 15.2 Å². The Balaban J connectivity index is 1.63. The Hall–Kier alpha value is -3.90. The van der Waals surface area contributed by atoms with Crippen LogP contribution in [0.3, 0.4) is 0 Å². The number of amides is 1. The zero-order valence-electron chi connectivity index (χ0n) is 20.2. The van der Waals surface area contributed by atoms with Crippen molar-refractivity contribution in [3.8, 4) is 11.5 Å². The SMILES string of the molecule is CS(=O)(=O)NCc1cc(CC(=O)O)ccc1Oc1ccc(C(=O)NCCc2cccc(C(F)(F)F)c2)cc1. The van der Waals surface area contributed by atoms with Crippen LogP contribution in [0.5, 0.6) is 11.5 Å². The fraction of sp³-hybridized carbons (Fsp3) is 0.231. The Morgan fingerprint density at radius 2 is 1.68 bits per heavy atom. The van der Waals surface area contributed by atoms with E-state index in [1.807, 2.05) is 0 Å². The van der Waals surface area contributed by atoms with Crippen LogP contribution in [0, 0.1) is 0 Å². The average molecular weight is 551 g/mol. The highest BCUT2D eigenvalue weighted by atomic mass is 32.2. The van der Waals surface area contributed by atoms with Crippen LogP contribution in [-0.4, -0.2) is 38.2 Å². The molecule has 0 unspecified atom stereocenters. The highest BCUT2D eigenvalue weighted by molar-refractivity contribution is 7.88. The Bertz CT molecular complexity index is 1410. The quantitative estimate of drug-likeness (QED) is 0.330. The molecule has 0 radical (unpaired) electrons. The van der Waals surface area contributed by atoms with Gasteiger partial charge in [0, 0.05) is 24.2 Å². The van der Waals surface area contributed by atoms with Crippen LogP contribution < -0.4 is 14.8 Å². The summed E-state index contributed by atoms with van der Waals surface area (Å²) in [5.41, 5.74) is 0.887. The molecular formula is C26H25F3N2O6S. The first kappa shape index (κ1) is 28.7. The first-order chi connectivity index (χ1) is 17.8. The predicted octanol–water partition coefficient (Wildman–Crippen LogP) is 4.15. The Morgan fingerprint density at radius 1 is 0.974 bits per heavy atom. The smallest absolute Gasteiger partial charge is 0.416 e. The molecule has 3 aromatic rings. The second-order valence-corrected chi connectivity index (χ2v) is 10.3. The molecule has 0 aliphatic carbocycles. The van der Waals surface area contributed by atoms with Crippen molar-refractivity contribution in [2.45, 2.75) is 25.6 Å². The van der Waals surface area contributed by atoms with Crippen LogP contribution in [0.15, 0.2) is 66.7 Å². The van der Waals surface area contributed by atoms with Gasteiger partial charge in [-0.15, -0.1) is 0 Å². The molecule has 1 amide bonds. The largest absolute Gasteiger partial charge is 0.481 e. The molecule has 3 aromatic carbocycles. The van der Waals surface area contributed by atoms with Gasteiger partial charge in [0.1, 0.15) is 11.5 Å². The third kappa shape index (κ3) is 8.89. The van der Waals surface area contributed by atoms with Gasteiger partial charge in [-0.05, 0) is 53.9 Å². The van der Waals surface area contributed by atoms with Crippen molar-refractivity contribution in [2.75, 3.05) is 12.8 Å². The number of hydrogen-bond acceptors (Lipinski definition) is 5. The van der Waals surface area contributed by atoms with Gasteiger partial charge in [-0.2, -0.15) is 13.2 Å². The van der Waals surface area contributed by atoms with Crippen molar-refractivity contribution in [3.63, 3.8) is 0 Å². The van der Waals surface area contributed by atoms with Crippen LogP contribution in [0.2, 0.25) is 0 Å². The molecule has 38 heavy (non-hydrogen) atoms. The summed E-state index contributed by atoms with van der Waals surface area (Å²) in [6, 6.07) is 15.6. The first-order valence-corrected chi connectivity index (χ1v) is 13.2. The van der Waals surface area contributed by atoms with Crippen molar-refractivity contribution in [2.24, 2.45) is 0 Å². The molecule has 0 saturated carbocycles. The monoisotopic (exact) mass is 550 g/mol. The molecule has 0 aromatic heterocycles. The highest BCUT2D eigenvalue weighted by Gasteiger charge is 2.30. The second kappa shape index (κ2) is 12.1. The molecule has 3 N–H and O–H groups in total. The van der Waals surface area contributed by atoms with Gasteiger partial charge in [-0.3, -0.25) is 9.59 Å². The number of carboxylic acids is 1. The number of carbonyl (C=O) groups excluding carboxylic acids is 1. The van der Waals surface area contributed by atoms with E-state index in [9.17, 15) is 31.2 Å². The Kier molecular flexibility index (Phi) is 9.13. The zero-order valence-corrected chi connectivity index (χ0v) is 21.0. The van der Waals surface area contributed by atoms with E-state index in [-0.39, 0.29) is 25.9 Å². The number of nitrogens with one attached hydrogen (secondary N) is 2. The van der Waals surface area contributed by atoms with Gasteiger partial charge in [-0.25, -0.2) is 13.1 Å². The van der Waals surface area contributed by atoms with Crippen molar-refractivity contribution in [1.82, 2.24) is 10.0 Å². The molecule has 0 aliphatic rings. The van der Waals surface area contributed by atoms with E-state index in [1.165, 1.54) is 42.5 Å². The fourth-order valence-electron chi connectivity index (χ4n) is 3.49. The van der Waals surface area contributed by atoms with Gasteiger partial charge in [-0.1, -0.05) is 30.3 Å². The number of benzene rings is 3. The van der Waals surface area contributed by atoms with Crippen LogP contribution in [-0.2, 0) is 40.4 Å². The summed E-state index contributed by atoms with van der Waals surface area (Å²) in [6.07, 6.45) is -3.46. The van der Waals surface area contributed by atoms with Crippen molar-refractivity contribution < 1.29 is 41.0 Å². The van der Waals surface area contributed by atoms with Gasteiger partial charge in [0.2, 0.25) is 10.0 Å². The first-order valence-electron chi connectivity index (χ1n) is 11.3. The Labute approximate surface area is 217 Å². The van der Waals surface area contributed by atoms with Crippen LogP contribution in [0.25, 0.3) is 0 Å². The van der Waals surface area contributed by atoms with Gasteiger partial charge >= 0.3 is 12.1 Å². The van der Waals surface area contributed by atoms with Crippen molar-refractivity contribution >= 4 is 21.9 Å². The Morgan fingerprint density at radius 3 is 2.32 bits per heavy atom. The summed E-state index contributed by atoms with van der Waals surface area (Å²) in [6.45, 7) is 0.0196. The maximum Gasteiger partial charge on any atom is 0.416 e. The zero-order chi connectivity index (χ0) is 27.9. The lowest BCUT2D eigenvalue weighted by Crippen LogP contribution is -2.25. The van der Waals surface area contributed by atoms with Crippen LogP contribution >= 0.6 is 0 Å². The minimum atomic E-state index is -4.44. The number of alkyl halides is 3. The maximum absolute atomic E-state index is 12.9. The third-order valence-electron chi connectivity index (χ3n) is 5.30. The number of sulfonamides is 1. The summed E-state index contributed by atoms with van der Waals surface area (Å²) in [4.78, 5) is 23.5. The minimum absolute atomic E-state index is 0.117. The highest BCUT2D eigenvalue weighted by Crippen LogP contribution is 2.30. The second-order valence-electron chi connectivity index (χ2n) is 8.44. The lowest BCUT2D eigenvalue weighted by atomic mass is 10.1. The summed E-state index contributed by atoms with van der Waals surface area (Å²) in [5, 5.41) is 11.7. The molecule has 0 bridgehead atoms. The molecule has 0 fully saturated rings. The van der Waals surface area contributed by atoms with E-state index in [1.54, 1.807) is 12.1 Å². The average Bonchev–Trinajstić information content (AvgIpc) is 2.83. The normalized spacial score (nSPS) is 11.7. The van der Waals surface area contributed by atoms with E-state index < -0.39 is 33.6 Å². The van der Waals surface area contributed by atoms with E-state index in [0.717, 1.165) is 18.4 Å². The minimum Gasteiger partial charge on any atom is -0.481 e. The number of carboxylic acid groups (broad SMARTS) is 1. The lowest BCUT2D eigenvalue weighted by molar-refractivity contribution is -0.138. The molecule has 12 heteroatoms. The summed E-state index contributed by atoms with van der Waals surface area (Å²) in [5.74, 6) is -0.811. The maximum atomic E-state index is 12.9. The van der Waals surface area contributed by atoms with Gasteiger partial charge in [0.15, 0.2) is 0 Å².